The van der Waals surface area contributed by atoms with E-state index in [2.05, 4.69) is 39.6 Å². The number of amides is 1. The van der Waals surface area contributed by atoms with E-state index >= 15 is 0 Å². The number of benzene rings is 1. The van der Waals surface area contributed by atoms with E-state index in [4.69, 9.17) is 4.42 Å². The van der Waals surface area contributed by atoms with Crippen molar-refractivity contribution in [2.75, 3.05) is 23.3 Å². The lowest BCUT2D eigenvalue weighted by atomic mass is 9.82. The van der Waals surface area contributed by atoms with Crippen LogP contribution in [-0.4, -0.2) is 29.0 Å². The van der Waals surface area contributed by atoms with Crippen molar-refractivity contribution in [3.63, 3.8) is 0 Å². The largest absolute Gasteiger partial charge is 0.469 e. The summed E-state index contributed by atoms with van der Waals surface area (Å²) < 4.78 is 5.45. The number of aromatic amines is 1. The third-order valence-corrected chi connectivity index (χ3v) is 6.38. The van der Waals surface area contributed by atoms with E-state index < -0.39 is 17.7 Å². The van der Waals surface area contributed by atoms with Crippen LogP contribution >= 0.6 is 0 Å². The smallest absolute Gasteiger partial charge is 0.258 e. The molecule has 2 unspecified atom stereocenters. The number of fused-ring (bicyclic) bond motifs is 1. The maximum atomic E-state index is 13.1. The van der Waals surface area contributed by atoms with Crippen molar-refractivity contribution in [3.05, 3.63) is 76.0 Å². The third-order valence-electron chi connectivity index (χ3n) is 6.38. The van der Waals surface area contributed by atoms with Crippen molar-refractivity contribution in [1.82, 2.24) is 9.97 Å². The second-order valence-corrected chi connectivity index (χ2v) is 8.36. The summed E-state index contributed by atoms with van der Waals surface area (Å²) in [6.07, 6.45) is 4.49. The summed E-state index contributed by atoms with van der Waals surface area (Å²) in [6, 6.07) is 15.8. The average molecular weight is 429 g/mol. The van der Waals surface area contributed by atoms with Gasteiger partial charge in [-0.25, -0.2) is 0 Å². The highest BCUT2D eigenvalue weighted by Gasteiger charge is 2.42. The first-order chi connectivity index (χ1) is 15.6. The predicted octanol–water partition coefficient (Wildman–Crippen LogP) is 3.05. The maximum absolute atomic E-state index is 13.1. The highest BCUT2D eigenvalue weighted by atomic mass is 16.3. The summed E-state index contributed by atoms with van der Waals surface area (Å²) in [5, 5.41) is 12.2. The van der Waals surface area contributed by atoms with E-state index in [-0.39, 0.29) is 16.9 Å². The van der Waals surface area contributed by atoms with E-state index in [1.165, 1.54) is 11.8 Å². The van der Waals surface area contributed by atoms with Gasteiger partial charge in [0, 0.05) is 13.1 Å². The Morgan fingerprint density at radius 2 is 1.91 bits per heavy atom. The molecule has 32 heavy (non-hydrogen) atoms. The molecular formula is C24H23N5O3. The highest BCUT2D eigenvalue weighted by molar-refractivity contribution is 5.97. The Labute approximate surface area is 184 Å². The molecule has 2 atom stereocenters. The first-order valence-electron chi connectivity index (χ1n) is 10.8. The number of nitrogens with zero attached hydrogens (tertiary/aromatic N) is 3. The molecule has 0 radical (unpaired) electrons. The standard InChI is InChI=1S/C24H23N5O3/c25-14-17-19(18-7-4-12-32-18)20-21(26-22(17)30)27-24(28-23(20)31)29-10-8-16(9-11-29)13-15-5-2-1-3-6-15/h1-7,12,16-17,19H,8-11,13H2,(H2,26,27,28,30,31). The van der Waals surface area contributed by atoms with Crippen molar-refractivity contribution >= 4 is 17.7 Å². The molecule has 0 spiro atoms. The topological polar surface area (TPSA) is 115 Å². The van der Waals surface area contributed by atoms with Crippen LogP contribution in [0.2, 0.25) is 0 Å². The van der Waals surface area contributed by atoms with Crippen molar-refractivity contribution in [1.29, 1.82) is 5.26 Å². The Kier molecular flexibility index (Phi) is 5.23. The van der Waals surface area contributed by atoms with E-state index in [9.17, 15) is 14.9 Å². The van der Waals surface area contributed by atoms with Crippen LogP contribution in [0.3, 0.4) is 0 Å². The second kappa shape index (κ2) is 8.35. The number of piperidine rings is 1. The Morgan fingerprint density at radius 3 is 2.59 bits per heavy atom. The summed E-state index contributed by atoms with van der Waals surface area (Å²) in [7, 11) is 0. The Morgan fingerprint density at radius 1 is 1.12 bits per heavy atom. The lowest BCUT2D eigenvalue weighted by Gasteiger charge is -2.33. The number of hydrogen-bond donors (Lipinski definition) is 2. The molecule has 0 aliphatic carbocycles. The van der Waals surface area contributed by atoms with E-state index in [0.29, 0.717) is 17.6 Å². The molecule has 8 heteroatoms. The first kappa shape index (κ1) is 20.1. The molecule has 4 heterocycles. The van der Waals surface area contributed by atoms with Crippen molar-refractivity contribution in [2.45, 2.75) is 25.2 Å². The molecule has 2 aliphatic rings. The lowest BCUT2D eigenvalue weighted by Crippen LogP contribution is -2.41. The number of aromatic nitrogens is 2. The van der Waals surface area contributed by atoms with Crippen molar-refractivity contribution in [3.8, 4) is 6.07 Å². The fourth-order valence-corrected chi connectivity index (χ4v) is 4.72. The van der Waals surface area contributed by atoms with Gasteiger partial charge in [-0.2, -0.15) is 10.2 Å². The molecule has 2 aromatic heterocycles. The number of hydrogen-bond acceptors (Lipinski definition) is 6. The molecule has 1 saturated heterocycles. The van der Waals surface area contributed by atoms with Gasteiger partial charge in [0.25, 0.3) is 5.56 Å². The fourth-order valence-electron chi connectivity index (χ4n) is 4.72. The number of carbonyl (C=O) groups excluding carboxylic acids is 1. The van der Waals surface area contributed by atoms with Crippen LogP contribution in [0.1, 0.15) is 35.6 Å². The van der Waals surface area contributed by atoms with Gasteiger partial charge in [-0.3, -0.25) is 14.6 Å². The molecule has 0 saturated carbocycles. The minimum Gasteiger partial charge on any atom is -0.469 e. The van der Waals surface area contributed by atoms with Crippen LogP contribution < -0.4 is 15.8 Å². The normalized spacial score (nSPS) is 21.0. The zero-order valence-corrected chi connectivity index (χ0v) is 17.5. The number of H-pyrrole nitrogens is 1. The van der Waals surface area contributed by atoms with Crippen molar-refractivity contribution in [2.24, 2.45) is 11.8 Å². The van der Waals surface area contributed by atoms with Crippen LogP contribution in [0.25, 0.3) is 0 Å². The molecular weight excluding hydrogens is 406 g/mol. The summed E-state index contributed by atoms with van der Waals surface area (Å²) in [5.41, 5.74) is 1.23. The number of anilines is 2. The minimum atomic E-state index is -1.06. The molecule has 2 N–H and O–H groups in total. The molecule has 162 valence electrons. The SMILES string of the molecule is N#CC1C(=O)Nc2nc(N3CCC(Cc4ccccc4)CC3)[nH]c(=O)c2C1c1ccco1. The van der Waals surface area contributed by atoms with Gasteiger partial charge in [0.05, 0.1) is 23.8 Å². The average Bonchev–Trinajstić information content (AvgIpc) is 3.34. The van der Waals surface area contributed by atoms with Crippen LogP contribution in [0.5, 0.6) is 0 Å². The highest BCUT2D eigenvalue weighted by Crippen LogP contribution is 2.38. The lowest BCUT2D eigenvalue weighted by molar-refractivity contribution is -0.119. The van der Waals surface area contributed by atoms with Gasteiger partial charge in [0.1, 0.15) is 17.5 Å². The Hall–Kier alpha value is -3.86. The molecule has 8 nitrogen and oxygen atoms in total. The third kappa shape index (κ3) is 3.66. The van der Waals surface area contributed by atoms with Gasteiger partial charge >= 0.3 is 0 Å². The van der Waals surface area contributed by atoms with Crippen LogP contribution in [0.15, 0.2) is 57.9 Å². The molecule has 0 bridgehead atoms. The summed E-state index contributed by atoms with van der Waals surface area (Å²) in [5.74, 6) is -0.704. The maximum Gasteiger partial charge on any atom is 0.258 e. The molecule has 1 amide bonds. The van der Waals surface area contributed by atoms with E-state index in [1.54, 1.807) is 12.1 Å². The number of carbonyl (C=O) groups is 1. The fraction of sp³-hybridized carbons (Fsp3) is 0.333. The van der Waals surface area contributed by atoms with Gasteiger partial charge < -0.3 is 14.6 Å². The molecule has 1 aromatic carbocycles. The zero-order chi connectivity index (χ0) is 22.1. The van der Waals surface area contributed by atoms with Gasteiger partial charge in [-0.05, 0) is 42.9 Å². The van der Waals surface area contributed by atoms with Crippen molar-refractivity contribution < 1.29 is 9.21 Å². The Balaban J connectivity index is 1.38. The van der Waals surface area contributed by atoms with Crippen LogP contribution in [-0.2, 0) is 11.2 Å². The monoisotopic (exact) mass is 429 g/mol. The van der Waals surface area contributed by atoms with E-state index in [1.807, 2.05) is 17.0 Å². The quantitative estimate of drug-likeness (QED) is 0.659. The van der Waals surface area contributed by atoms with Crippen LogP contribution in [0.4, 0.5) is 11.8 Å². The molecule has 2 aliphatic heterocycles. The second-order valence-electron chi connectivity index (χ2n) is 8.36. The number of rotatable bonds is 4. The predicted molar refractivity (Wildman–Crippen MR) is 118 cm³/mol. The molecule has 1 fully saturated rings. The summed E-state index contributed by atoms with van der Waals surface area (Å²) in [4.78, 5) is 35.2. The van der Waals surface area contributed by atoms with Gasteiger partial charge in [-0.1, -0.05) is 30.3 Å². The first-order valence-corrected chi connectivity index (χ1v) is 10.8. The van der Waals surface area contributed by atoms with Crippen LogP contribution in [0, 0.1) is 23.2 Å². The Bertz CT molecular complexity index is 1200. The minimum absolute atomic E-state index is 0.202. The van der Waals surface area contributed by atoms with Gasteiger partial charge in [-0.15, -0.1) is 0 Å². The zero-order valence-electron chi connectivity index (χ0n) is 17.5. The number of nitriles is 1. The summed E-state index contributed by atoms with van der Waals surface area (Å²) >= 11 is 0. The van der Waals surface area contributed by atoms with E-state index in [0.717, 1.165) is 32.4 Å². The van der Waals surface area contributed by atoms with Gasteiger partial charge in [0.15, 0.2) is 0 Å². The molecule has 3 aromatic rings. The number of nitrogens with one attached hydrogen (secondary N) is 2. The number of furan rings is 1. The van der Waals surface area contributed by atoms with Gasteiger partial charge in [0.2, 0.25) is 11.9 Å². The molecule has 5 rings (SSSR count). The summed E-state index contributed by atoms with van der Waals surface area (Å²) in [6.45, 7) is 1.55.